The van der Waals surface area contributed by atoms with Gasteiger partial charge in [-0.3, -0.25) is 9.59 Å². The molecule has 0 aliphatic heterocycles. The number of ketones is 1. The number of carbonyl (C=O) groups is 2. The number of Topliss-reactive ketones (excluding diaryl/α,β-unsaturated/α-hetero) is 1. The van der Waals surface area contributed by atoms with Crippen molar-refractivity contribution in [2.45, 2.75) is 26.3 Å². The van der Waals surface area contributed by atoms with E-state index in [1.54, 1.807) is 24.3 Å². The molecule has 0 aliphatic rings. The Bertz CT molecular complexity index is 384. The Balaban J connectivity index is 2.71. The number of carbonyl (C=O) groups excluding carboxylic acids is 2. The van der Waals surface area contributed by atoms with Crippen LogP contribution in [0.3, 0.4) is 0 Å². The number of rotatable bonds is 4. The van der Waals surface area contributed by atoms with E-state index < -0.39 is 6.04 Å². The molecule has 1 amide bonds. The highest BCUT2D eigenvalue weighted by atomic mass is 16.3. The van der Waals surface area contributed by atoms with Gasteiger partial charge in [0, 0.05) is 6.92 Å². The molecule has 4 heteroatoms. The van der Waals surface area contributed by atoms with Crippen molar-refractivity contribution in [3.8, 4) is 5.75 Å². The lowest BCUT2D eigenvalue weighted by Gasteiger charge is -2.14. The molecule has 0 aliphatic carbocycles. The molecule has 0 heterocycles. The van der Waals surface area contributed by atoms with Crippen LogP contribution >= 0.6 is 0 Å². The highest BCUT2D eigenvalue weighted by Gasteiger charge is 2.15. The quantitative estimate of drug-likeness (QED) is 0.798. The first-order valence-corrected chi connectivity index (χ1v) is 5.04. The summed E-state index contributed by atoms with van der Waals surface area (Å²) in [5, 5.41) is 11.7. The zero-order chi connectivity index (χ0) is 12.1. The molecule has 1 rings (SSSR count). The maximum Gasteiger partial charge on any atom is 0.217 e. The van der Waals surface area contributed by atoms with E-state index in [2.05, 4.69) is 5.32 Å². The van der Waals surface area contributed by atoms with E-state index >= 15 is 0 Å². The number of hydrogen-bond donors (Lipinski definition) is 2. The maximum atomic E-state index is 11.3. The topological polar surface area (TPSA) is 66.4 Å². The van der Waals surface area contributed by atoms with Gasteiger partial charge in [0.25, 0.3) is 0 Å². The van der Waals surface area contributed by atoms with Crippen LogP contribution in [0.4, 0.5) is 0 Å². The summed E-state index contributed by atoms with van der Waals surface area (Å²) in [6.07, 6.45) is 0.440. The van der Waals surface area contributed by atoms with Gasteiger partial charge >= 0.3 is 0 Å². The summed E-state index contributed by atoms with van der Waals surface area (Å²) >= 11 is 0. The Morgan fingerprint density at radius 2 is 1.81 bits per heavy atom. The minimum Gasteiger partial charge on any atom is -0.508 e. The van der Waals surface area contributed by atoms with E-state index in [1.807, 2.05) is 0 Å². The Labute approximate surface area is 94.3 Å². The molecule has 0 saturated heterocycles. The Morgan fingerprint density at radius 1 is 1.25 bits per heavy atom. The first-order chi connectivity index (χ1) is 7.49. The SMILES string of the molecule is CC(=O)N[C@H](Cc1ccc(O)cc1)C(C)=O. The van der Waals surface area contributed by atoms with Crippen molar-refractivity contribution >= 4 is 11.7 Å². The van der Waals surface area contributed by atoms with Crippen LogP contribution < -0.4 is 5.32 Å². The zero-order valence-electron chi connectivity index (χ0n) is 9.36. The summed E-state index contributed by atoms with van der Waals surface area (Å²) in [5.41, 5.74) is 0.895. The van der Waals surface area contributed by atoms with Crippen molar-refractivity contribution in [2.24, 2.45) is 0 Å². The molecule has 86 valence electrons. The second-order valence-electron chi connectivity index (χ2n) is 3.73. The number of hydrogen-bond acceptors (Lipinski definition) is 3. The summed E-state index contributed by atoms with van der Waals surface area (Å²) in [6.45, 7) is 2.83. The first kappa shape index (κ1) is 12.2. The van der Waals surface area contributed by atoms with Gasteiger partial charge in [0.15, 0.2) is 5.78 Å². The monoisotopic (exact) mass is 221 g/mol. The third-order valence-electron chi connectivity index (χ3n) is 2.24. The number of phenols is 1. The fourth-order valence-electron chi connectivity index (χ4n) is 1.41. The molecule has 1 atom stereocenters. The van der Waals surface area contributed by atoms with Crippen molar-refractivity contribution in [1.29, 1.82) is 0 Å². The van der Waals surface area contributed by atoms with Crippen LogP contribution in [0.15, 0.2) is 24.3 Å². The van der Waals surface area contributed by atoms with Crippen molar-refractivity contribution in [3.05, 3.63) is 29.8 Å². The van der Waals surface area contributed by atoms with Crippen LogP contribution in [-0.4, -0.2) is 22.8 Å². The number of phenolic OH excluding ortho intramolecular Hbond substituents is 1. The molecule has 0 bridgehead atoms. The molecule has 0 radical (unpaired) electrons. The molecule has 0 fully saturated rings. The fraction of sp³-hybridized carbons (Fsp3) is 0.333. The summed E-state index contributed by atoms with van der Waals surface area (Å²) in [7, 11) is 0. The minimum absolute atomic E-state index is 0.0803. The summed E-state index contributed by atoms with van der Waals surface area (Å²) < 4.78 is 0. The fourth-order valence-corrected chi connectivity index (χ4v) is 1.41. The van der Waals surface area contributed by atoms with Crippen molar-refractivity contribution in [1.82, 2.24) is 5.32 Å². The molecule has 0 unspecified atom stereocenters. The van der Waals surface area contributed by atoms with Gasteiger partial charge in [-0.1, -0.05) is 12.1 Å². The van der Waals surface area contributed by atoms with Crippen molar-refractivity contribution < 1.29 is 14.7 Å². The maximum absolute atomic E-state index is 11.3. The van der Waals surface area contributed by atoms with Gasteiger partial charge in [-0.05, 0) is 31.0 Å². The number of benzene rings is 1. The second kappa shape index (κ2) is 5.30. The minimum atomic E-state index is -0.498. The zero-order valence-corrected chi connectivity index (χ0v) is 9.36. The molecular formula is C12H15NO3. The largest absolute Gasteiger partial charge is 0.508 e. The van der Waals surface area contributed by atoms with Crippen LogP contribution in [-0.2, 0) is 16.0 Å². The highest BCUT2D eigenvalue weighted by molar-refractivity contribution is 5.86. The van der Waals surface area contributed by atoms with E-state index in [9.17, 15) is 9.59 Å². The van der Waals surface area contributed by atoms with Crippen LogP contribution in [0.2, 0.25) is 0 Å². The van der Waals surface area contributed by atoms with Gasteiger partial charge in [0.2, 0.25) is 5.91 Å². The van der Waals surface area contributed by atoms with Gasteiger partial charge in [-0.15, -0.1) is 0 Å². The van der Waals surface area contributed by atoms with E-state index in [0.717, 1.165) is 5.56 Å². The average Bonchev–Trinajstić information content (AvgIpc) is 2.19. The van der Waals surface area contributed by atoms with Gasteiger partial charge in [0.1, 0.15) is 5.75 Å². The van der Waals surface area contributed by atoms with Gasteiger partial charge in [0.05, 0.1) is 6.04 Å². The number of nitrogens with one attached hydrogen (secondary N) is 1. The molecule has 0 aromatic heterocycles. The van der Waals surface area contributed by atoms with Gasteiger partial charge < -0.3 is 10.4 Å². The van der Waals surface area contributed by atoms with Gasteiger partial charge in [-0.25, -0.2) is 0 Å². The lowest BCUT2D eigenvalue weighted by atomic mass is 10.0. The predicted octanol–water partition coefficient (Wildman–Crippen LogP) is 1.03. The highest BCUT2D eigenvalue weighted by Crippen LogP contribution is 2.11. The molecule has 4 nitrogen and oxygen atoms in total. The average molecular weight is 221 g/mol. The molecule has 16 heavy (non-hydrogen) atoms. The Morgan fingerprint density at radius 3 is 2.25 bits per heavy atom. The lowest BCUT2D eigenvalue weighted by molar-refractivity contribution is -0.125. The van der Waals surface area contributed by atoms with Crippen LogP contribution in [0.25, 0.3) is 0 Å². The summed E-state index contributed by atoms with van der Waals surface area (Å²) in [4.78, 5) is 22.2. The number of amides is 1. The molecule has 0 spiro atoms. The Hall–Kier alpha value is -1.84. The second-order valence-corrected chi connectivity index (χ2v) is 3.73. The molecule has 1 aromatic carbocycles. The van der Waals surface area contributed by atoms with Crippen LogP contribution in [0, 0.1) is 0 Å². The van der Waals surface area contributed by atoms with E-state index in [0.29, 0.717) is 6.42 Å². The van der Waals surface area contributed by atoms with Gasteiger partial charge in [-0.2, -0.15) is 0 Å². The molecule has 0 saturated carbocycles. The van der Waals surface area contributed by atoms with E-state index in [-0.39, 0.29) is 17.4 Å². The Kier molecular flexibility index (Phi) is 4.05. The summed E-state index contributed by atoms with van der Waals surface area (Å²) in [5.74, 6) is -0.120. The smallest absolute Gasteiger partial charge is 0.217 e. The number of aromatic hydroxyl groups is 1. The molecule has 2 N–H and O–H groups in total. The third-order valence-corrected chi connectivity index (χ3v) is 2.24. The first-order valence-electron chi connectivity index (χ1n) is 5.04. The van der Waals surface area contributed by atoms with Crippen LogP contribution in [0.5, 0.6) is 5.75 Å². The standard InChI is InChI=1S/C12H15NO3/c1-8(14)12(13-9(2)15)7-10-3-5-11(16)6-4-10/h3-6,12,16H,7H2,1-2H3,(H,13,15)/t12-/m1/s1. The molecule has 1 aromatic rings. The van der Waals surface area contributed by atoms with Crippen molar-refractivity contribution in [3.63, 3.8) is 0 Å². The predicted molar refractivity (Wildman–Crippen MR) is 60.1 cm³/mol. The van der Waals surface area contributed by atoms with E-state index in [1.165, 1.54) is 13.8 Å². The molecular weight excluding hydrogens is 206 g/mol. The third kappa shape index (κ3) is 3.73. The lowest BCUT2D eigenvalue weighted by Crippen LogP contribution is -2.40. The van der Waals surface area contributed by atoms with Crippen LogP contribution in [0.1, 0.15) is 19.4 Å². The van der Waals surface area contributed by atoms with E-state index in [4.69, 9.17) is 5.11 Å². The summed E-state index contributed by atoms with van der Waals surface area (Å²) in [6, 6.07) is 6.07. The normalized spacial score (nSPS) is 11.9. The van der Waals surface area contributed by atoms with Crippen molar-refractivity contribution in [2.75, 3.05) is 0 Å².